The Morgan fingerprint density at radius 3 is 1.84 bits per heavy atom. The molecule has 224 valence electrons. The van der Waals surface area contributed by atoms with Gasteiger partial charge in [-0.1, -0.05) is 86.7 Å². The molecule has 2 N–H and O–H groups in total. The molecule has 2 atom stereocenters. The van der Waals surface area contributed by atoms with Crippen LogP contribution in [0.5, 0.6) is 0 Å². The fourth-order valence-electron chi connectivity index (χ4n) is 7.13. The van der Waals surface area contributed by atoms with Gasteiger partial charge in [0.2, 0.25) is 0 Å². The first kappa shape index (κ1) is 28.6. The van der Waals surface area contributed by atoms with Gasteiger partial charge in [0.05, 0.1) is 5.60 Å². The molecule has 0 bridgehead atoms. The Labute approximate surface area is 258 Å². The van der Waals surface area contributed by atoms with Gasteiger partial charge in [-0.05, 0) is 98.1 Å². The topological polar surface area (TPSA) is 81.6 Å². The molecule has 7 rings (SSSR count). The summed E-state index contributed by atoms with van der Waals surface area (Å²) in [6.07, 6.45) is -2.01. The molecular formula is C39H38N2O3-2. The van der Waals surface area contributed by atoms with Crippen molar-refractivity contribution in [3.05, 3.63) is 108 Å². The van der Waals surface area contributed by atoms with Crippen LogP contribution in [0, 0.1) is 5.92 Å². The van der Waals surface area contributed by atoms with Crippen molar-refractivity contribution in [2.75, 3.05) is 30.9 Å². The SMILES string of the molecule is CC(C)CCNc1ccc(C2(O)C([O-])C(c3ccc(N(C)C)c4cc5ccccc5cc34)C2[O-])c2cc3ccccc3cc12. The molecule has 5 heteroatoms. The summed E-state index contributed by atoms with van der Waals surface area (Å²) in [5.74, 6) is -0.316. The molecule has 0 heterocycles. The van der Waals surface area contributed by atoms with Crippen LogP contribution in [0.4, 0.5) is 11.4 Å². The van der Waals surface area contributed by atoms with Crippen molar-refractivity contribution >= 4 is 54.5 Å². The number of fused-ring (bicyclic) bond motifs is 4. The summed E-state index contributed by atoms with van der Waals surface area (Å²) in [5.41, 5.74) is 1.04. The summed E-state index contributed by atoms with van der Waals surface area (Å²) in [6, 6.07) is 32.2. The molecule has 1 fully saturated rings. The van der Waals surface area contributed by atoms with Crippen molar-refractivity contribution in [1.29, 1.82) is 0 Å². The standard InChI is InChI=1S/C39H38N2O3/c1-23(2)17-18-40-34-15-14-33(30-20-25-10-6-7-11-26(25)21-31(30)34)39(44)37(42)36(38(39)43)28-13-16-35(41(3)4)32-22-27-12-8-5-9-24(27)19-29(28)32/h5-16,19-23,36-38,40,44H,17-18H2,1-4H3/q-2. The molecule has 1 aliphatic rings. The number of nitrogens with one attached hydrogen (secondary N) is 1. The first-order valence-electron chi connectivity index (χ1n) is 15.5. The summed E-state index contributed by atoms with van der Waals surface area (Å²) in [7, 11) is 3.99. The Bertz CT molecular complexity index is 2020. The number of hydrogen-bond acceptors (Lipinski definition) is 5. The third-order valence-corrected chi connectivity index (χ3v) is 9.61. The molecule has 1 aliphatic carbocycles. The summed E-state index contributed by atoms with van der Waals surface area (Å²) in [5, 5.41) is 52.0. The van der Waals surface area contributed by atoms with Gasteiger partial charge in [0, 0.05) is 42.8 Å². The molecule has 1 saturated carbocycles. The molecule has 2 unspecified atom stereocenters. The summed E-state index contributed by atoms with van der Waals surface area (Å²) in [4.78, 5) is 2.05. The Morgan fingerprint density at radius 1 is 0.727 bits per heavy atom. The zero-order chi connectivity index (χ0) is 30.7. The maximum Gasteiger partial charge on any atom is 0.0666 e. The van der Waals surface area contributed by atoms with E-state index in [0.29, 0.717) is 17.0 Å². The lowest BCUT2D eigenvalue weighted by Gasteiger charge is -2.67. The van der Waals surface area contributed by atoms with Crippen molar-refractivity contribution in [3.8, 4) is 0 Å². The van der Waals surface area contributed by atoms with E-state index in [2.05, 4.69) is 60.5 Å². The minimum absolute atomic E-state index is 0.420. The highest BCUT2D eigenvalue weighted by Gasteiger charge is 2.51. The maximum atomic E-state index is 14.3. The lowest BCUT2D eigenvalue weighted by atomic mass is 9.58. The van der Waals surface area contributed by atoms with E-state index >= 15 is 0 Å². The van der Waals surface area contributed by atoms with E-state index in [-0.39, 0.29) is 0 Å². The summed E-state index contributed by atoms with van der Waals surface area (Å²) in [6.45, 7) is 5.20. The second-order valence-corrected chi connectivity index (χ2v) is 13.0. The Morgan fingerprint density at radius 2 is 1.27 bits per heavy atom. The number of hydrogen-bond donors (Lipinski definition) is 2. The first-order chi connectivity index (χ1) is 21.2. The van der Waals surface area contributed by atoms with E-state index < -0.39 is 23.7 Å². The van der Waals surface area contributed by atoms with Gasteiger partial charge in [0.25, 0.3) is 0 Å². The van der Waals surface area contributed by atoms with Gasteiger partial charge in [0.1, 0.15) is 0 Å². The van der Waals surface area contributed by atoms with E-state index in [1.807, 2.05) is 68.7 Å². The number of rotatable bonds is 7. The first-order valence-corrected chi connectivity index (χ1v) is 15.5. The molecule has 6 aromatic carbocycles. The van der Waals surface area contributed by atoms with Crippen LogP contribution >= 0.6 is 0 Å². The number of benzene rings is 6. The Kier molecular flexibility index (Phi) is 7.00. The Hall–Kier alpha value is -4.16. The van der Waals surface area contributed by atoms with Gasteiger partial charge < -0.3 is 25.5 Å². The van der Waals surface area contributed by atoms with Gasteiger partial charge in [-0.2, -0.15) is 0 Å². The van der Waals surface area contributed by atoms with Crippen LogP contribution in [0.25, 0.3) is 43.1 Å². The van der Waals surface area contributed by atoms with Crippen molar-refractivity contribution in [2.45, 2.75) is 44.0 Å². The zero-order valence-electron chi connectivity index (χ0n) is 25.7. The monoisotopic (exact) mass is 582 g/mol. The van der Waals surface area contributed by atoms with E-state index in [1.54, 1.807) is 6.07 Å². The van der Waals surface area contributed by atoms with Crippen LogP contribution in [0.15, 0.2) is 97.1 Å². The number of aliphatic hydroxyl groups is 1. The van der Waals surface area contributed by atoms with Crippen LogP contribution in [0.2, 0.25) is 0 Å². The molecule has 0 aliphatic heterocycles. The minimum Gasteiger partial charge on any atom is -0.849 e. The lowest BCUT2D eigenvalue weighted by molar-refractivity contribution is -0.583. The summed E-state index contributed by atoms with van der Waals surface area (Å²) >= 11 is 0. The largest absolute Gasteiger partial charge is 0.849 e. The quantitative estimate of drug-likeness (QED) is 0.217. The second kappa shape index (κ2) is 10.8. The van der Waals surface area contributed by atoms with Crippen LogP contribution in [0.3, 0.4) is 0 Å². The molecule has 0 aromatic heterocycles. The highest BCUT2D eigenvalue weighted by molar-refractivity contribution is 6.07. The lowest BCUT2D eigenvalue weighted by Crippen LogP contribution is -2.75. The molecule has 5 nitrogen and oxygen atoms in total. The molecule has 0 radical (unpaired) electrons. The third-order valence-electron chi connectivity index (χ3n) is 9.61. The van der Waals surface area contributed by atoms with E-state index in [4.69, 9.17) is 0 Å². The van der Waals surface area contributed by atoms with Gasteiger partial charge in [0.15, 0.2) is 0 Å². The minimum atomic E-state index is -2.05. The highest BCUT2D eigenvalue weighted by atomic mass is 16.4. The van der Waals surface area contributed by atoms with Crippen LogP contribution in [0.1, 0.15) is 37.3 Å². The van der Waals surface area contributed by atoms with E-state index in [1.165, 1.54) is 0 Å². The Balaban J connectivity index is 1.35. The van der Waals surface area contributed by atoms with Crippen LogP contribution in [-0.2, 0) is 5.60 Å². The van der Waals surface area contributed by atoms with Crippen molar-refractivity contribution in [1.82, 2.24) is 0 Å². The van der Waals surface area contributed by atoms with Crippen molar-refractivity contribution < 1.29 is 15.3 Å². The maximum absolute atomic E-state index is 14.3. The predicted octanol–water partition coefficient (Wildman–Crippen LogP) is 6.27. The normalized spacial score (nSPS) is 21.8. The molecule has 0 spiro atoms. The third kappa shape index (κ3) is 4.42. The number of nitrogens with zero attached hydrogens (tertiary/aromatic N) is 1. The molecular weight excluding hydrogens is 544 g/mol. The van der Waals surface area contributed by atoms with E-state index in [9.17, 15) is 15.3 Å². The van der Waals surface area contributed by atoms with Crippen molar-refractivity contribution in [3.63, 3.8) is 0 Å². The zero-order valence-corrected chi connectivity index (χ0v) is 25.7. The van der Waals surface area contributed by atoms with Gasteiger partial charge in [-0.15, -0.1) is 0 Å². The summed E-state index contributed by atoms with van der Waals surface area (Å²) < 4.78 is 0. The fraction of sp³-hybridized carbons (Fsp3) is 0.282. The van der Waals surface area contributed by atoms with Crippen molar-refractivity contribution in [2.24, 2.45) is 5.92 Å². The second-order valence-electron chi connectivity index (χ2n) is 13.0. The van der Waals surface area contributed by atoms with E-state index in [0.717, 1.165) is 67.4 Å². The molecule has 44 heavy (non-hydrogen) atoms. The van der Waals surface area contributed by atoms with Gasteiger partial charge in [-0.25, -0.2) is 0 Å². The van der Waals surface area contributed by atoms with Crippen LogP contribution < -0.4 is 20.4 Å². The highest BCUT2D eigenvalue weighted by Crippen LogP contribution is 2.53. The molecule has 6 aromatic rings. The number of anilines is 2. The molecule has 0 saturated heterocycles. The molecule has 0 amide bonds. The predicted molar refractivity (Wildman–Crippen MR) is 179 cm³/mol. The fourth-order valence-corrected chi connectivity index (χ4v) is 7.13. The van der Waals surface area contributed by atoms with Crippen LogP contribution in [-0.4, -0.2) is 38.0 Å². The smallest absolute Gasteiger partial charge is 0.0666 e. The van der Waals surface area contributed by atoms with Gasteiger partial charge >= 0.3 is 0 Å². The average molecular weight is 583 g/mol. The average Bonchev–Trinajstić information content (AvgIpc) is 3.02. The van der Waals surface area contributed by atoms with Gasteiger partial charge in [-0.3, -0.25) is 0 Å².